The molecule has 1 heterocycles. The van der Waals surface area contributed by atoms with Crippen LogP contribution in [0.3, 0.4) is 0 Å². The number of aryl methyl sites for hydroxylation is 1. The van der Waals surface area contributed by atoms with Crippen LogP contribution in [0.5, 0.6) is 0 Å². The minimum Gasteiger partial charge on any atom is -0.439 e. The summed E-state index contributed by atoms with van der Waals surface area (Å²) in [6.07, 6.45) is 0.445. The monoisotopic (exact) mass is 234 g/mol. The Labute approximate surface area is 101 Å². The molecule has 4 nitrogen and oxygen atoms in total. The van der Waals surface area contributed by atoms with Crippen molar-refractivity contribution in [3.05, 3.63) is 35.4 Å². The number of benzene rings is 1. The van der Waals surface area contributed by atoms with Gasteiger partial charge < -0.3 is 15.4 Å². The molecule has 1 unspecified atom stereocenters. The molecule has 1 fully saturated rings. The second-order valence-electron chi connectivity index (χ2n) is 4.37. The molecule has 0 aliphatic carbocycles. The molecule has 1 aromatic rings. The van der Waals surface area contributed by atoms with E-state index in [-0.39, 0.29) is 12.2 Å². The standard InChI is InChI=1S/C13H18N2O2/c1-10-4-2-5-11(8-10)12-9-15(7-3-6-14)13(16)17-12/h2,4-5,8,12H,3,6-7,9,14H2,1H3. The van der Waals surface area contributed by atoms with E-state index >= 15 is 0 Å². The summed E-state index contributed by atoms with van der Waals surface area (Å²) in [7, 11) is 0. The number of carbonyl (C=O) groups is 1. The fraction of sp³-hybridized carbons (Fsp3) is 0.462. The molecule has 0 aromatic heterocycles. The van der Waals surface area contributed by atoms with Crippen LogP contribution in [-0.2, 0) is 4.74 Å². The molecule has 2 N–H and O–H groups in total. The Bertz CT molecular complexity index is 406. The molecule has 0 radical (unpaired) electrons. The van der Waals surface area contributed by atoms with Crippen LogP contribution in [0.25, 0.3) is 0 Å². The first-order chi connectivity index (χ1) is 8.20. The summed E-state index contributed by atoms with van der Waals surface area (Å²) in [5.41, 5.74) is 7.68. The zero-order valence-electron chi connectivity index (χ0n) is 10.1. The molecule has 1 aliphatic rings. The van der Waals surface area contributed by atoms with E-state index in [1.807, 2.05) is 25.1 Å². The molecule has 92 valence electrons. The van der Waals surface area contributed by atoms with Gasteiger partial charge in [-0.05, 0) is 25.5 Å². The highest BCUT2D eigenvalue weighted by atomic mass is 16.6. The lowest BCUT2D eigenvalue weighted by Gasteiger charge is -2.11. The van der Waals surface area contributed by atoms with Crippen LogP contribution >= 0.6 is 0 Å². The topological polar surface area (TPSA) is 55.6 Å². The lowest BCUT2D eigenvalue weighted by atomic mass is 10.1. The van der Waals surface area contributed by atoms with Crippen molar-refractivity contribution in [1.29, 1.82) is 0 Å². The van der Waals surface area contributed by atoms with Crippen molar-refractivity contribution >= 4 is 6.09 Å². The van der Waals surface area contributed by atoms with Gasteiger partial charge in [-0.15, -0.1) is 0 Å². The molecule has 0 spiro atoms. The quantitative estimate of drug-likeness (QED) is 0.864. The van der Waals surface area contributed by atoms with E-state index in [2.05, 4.69) is 6.07 Å². The van der Waals surface area contributed by atoms with Crippen LogP contribution in [0.2, 0.25) is 0 Å². The fourth-order valence-electron chi connectivity index (χ4n) is 2.02. The van der Waals surface area contributed by atoms with Gasteiger partial charge in [-0.1, -0.05) is 29.8 Å². The average Bonchev–Trinajstić information content (AvgIpc) is 2.68. The molecular weight excluding hydrogens is 216 g/mol. The van der Waals surface area contributed by atoms with Crippen molar-refractivity contribution in [2.75, 3.05) is 19.6 Å². The highest BCUT2D eigenvalue weighted by Gasteiger charge is 2.31. The molecule has 1 saturated heterocycles. The largest absolute Gasteiger partial charge is 0.439 e. The summed E-state index contributed by atoms with van der Waals surface area (Å²) >= 11 is 0. The minimum atomic E-state index is -0.232. The third kappa shape index (κ3) is 2.77. The van der Waals surface area contributed by atoms with E-state index in [1.54, 1.807) is 4.90 Å². The van der Waals surface area contributed by atoms with Gasteiger partial charge in [0.05, 0.1) is 6.54 Å². The Morgan fingerprint density at radius 1 is 1.53 bits per heavy atom. The summed E-state index contributed by atoms with van der Waals surface area (Å²) in [4.78, 5) is 13.3. The van der Waals surface area contributed by atoms with Crippen LogP contribution in [0.4, 0.5) is 4.79 Å². The molecule has 1 amide bonds. The number of hydrogen-bond donors (Lipinski definition) is 1. The van der Waals surface area contributed by atoms with Crippen LogP contribution in [0.1, 0.15) is 23.7 Å². The van der Waals surface area contributed by atoms with Crippen molar-refractivity contribution in [3.63, 3.8) is 0 Å². The highest BCUT2D eigenvalue weighted by Crippen LogP contribution is 2.26. The Morgan fingerprint density at radius 2 is 2.35 bits per heavy atom. The predicted octanol–water partition coefficient (Wildman–Crippen LogP) is 1.84. The number of hydrogen-bond acceptors (Lipinski definition) is 3. The third-order valence-electron chi connectivity index (χ3n) is 2.93. The maximum atomic E-state index is 11.6. The summed E-state index contributed by atoms with van der Waals surface area (Å²) < 4.78 is 5.36. The highest BCUT2D eigenvalue weighted by molar-refractivity contribution is 5.70. The molecule has 4 heteroatoms. The smallest absolute Gasteiger partial charge is 0.410 e. The van der Waals surface area contributed by atoms with Gasteiger partial charge in [0.1, 0.15) is 6.10 Å². The second-order valence-corrected chi connectivity index (χ2v) is 4.37. The Kier molecular flexibility index (Phi) is 3.64. The Morgan fingerprint density at radius 3 is 3.06 bits per heavy atom. The van der Waals surface area contributed by atoms with E-state index in [9.17, 15) is 4.79 Å². The molecule has 1 aromatic carbocycles. The Hall–Kier alpha value is -1.55. The number of ether oxygens (including phenoxy) is 1. The number of cyclic esters (lactones) is 1. The summed E-state index contributed by atoms with van der Waals surface area (Å²) in [6.45, 7) is 3.94. The molecule has 17 heavy (non-hydrogen) atoms. The van der Waals surface area contributed by atoms with Crippen molar-refractivity contribution in [3.8, 4) is 0 Å². The van der Waals surface area contributed by atoms with Crippen LogP contribution < -0.4 is 5.73 Å². The van der Waals surface area contributed by atoms with Crippen molar-refractivity contribution < 1.29 is 9.53 Å². The Balaban J connectivity index is 2.03. The number of nitrogens with two attached hydrogens (primary N) is 1. The third-order valence-corrected chi connectivity index (χ3v) is 2.93. The number of carbonyl (C=O) groups excluding carboxylic acids is 1. The van der Waals surface area contributed by atoms with Gasteiger partial charge in [-0.2, -0.15) is 0 Å². The van der Waals surface area contributed by atoms with E-state index in [0.717, 1.165) is 12.0 Å². The first kappa shape index (κ1) is 11.9. The van der Waals surface area contributed by atoms with Crippen molar-refractivity contribution in [2.24, 2.45) is 5.73 Å². The predicted molar refractivity (Wildman–Crippen MR) is 65.6 cm³/mol. The van der Waals surface area contributed by atoms with Crippen LogP contribution in [-0.4, -0.2) is 30.6 Å². The molecule has 0 saturated carbocycles. The van der Waals surface area contributed by atoms with Gasteiger partial charge in [0, 0.05) is 6.54 Å². The van der Waals surface area contributed by atoms with E-state index in [4.69, 9.17) is 10.5 Å². The molecular formula is C13H18N2O2. The van der Waals surface area contributed by atoms with Crippen LogP contribution in [0.15, 0.2) is 24.3 Å². The van der Waals surface area contributed by atoms with Gasteiger partial charge in [0.25, 0.3) is 0 Å². The van der Waals surface area contributed by atoms with Crippen molar-refractivity contribution in [1.82, 2.24) is 4.90 Å². The summed E-state index contributed by atoms with van der Waals surface area (Å²) in [5, 5.41) is 0. The van der Waals surface area contributed by atoms with Gasteiger partial charge >= 0.3 is 6.09 Å². The molecule has 0 bridgehead atoms. The average molecular weight is 234 g/mol. The number of amides is 1. The van der Waals surface area contributed by atoms with Crippen molar-refractivity contribution in [2.45, 2.75) is 19.4 Å². The minimum absolute atomic E-state index is 0.139. The number of rotatable bonds is 4. The maximum absolute atomic E-state index is 11.6. The first-order valence-corrected chi connectivity index (χ1v) is 5.93. The maximum Gasteiger partial charge on any atom is 0.410 e. The lowest BCUT2D eigenvalue weighted by Crippen LogP contribution is -2.27. The SMILES string of the molecule is Cc1cccc(C2CN(CCCN)C(=O)O2)c1. The van der Waals surface area contributed by atoms with E-state index in [0.29, 0.717) is 19.6 Å². The normalized spacial score (nSPS) is 19.5. The molecule has 1 aliphatic heterocycles. The van der Waals surface area contributed by atoms with Gasteiger partial charge in [-0.3, -0.25) is 0 Å². The zero-order chi connectivity index (χ0) is 12.3. The van der Waals surface area contributed by atoms with Gasteiger partial charge in [0.2, 0.25) is 0 Å². The second kappa shape index (κ2) is 5.19. The number of nitrogens with zero attached hydrogens (tertiary/aromatic N) is 1. The molecule has 2 rings (SSSR count). The lowest BCUT2D eigenvalue weighted by molar-refractivity contribution is 0.132. The van der Waals surface area contributed by atoms with E-state index in [1.165, 1.54) is 5.56 Å². The van der Waals surface area contributed by atoms with Crippen LogP contribution in [0, 0.1) is 6.92 Å². The van der Waals surface area contributed by atoms with Gasteiger partial charge in [-0.25, -0.2) is 4.79 Å². The zero-order valence-corrected chi connectivity index (χ0v) is 10.1. The first-order valence-electron chi connectivity index (χ1n) is 5.93. The molecule has 1 atom stereocenters. The van der Waals surface area contributed by atoms with E-state index < -0.39 is 0 Å². The summed E-state index contributed by atoms with van der Waals surface area (Å²) in [5.74, 6) is 0. The fourth-order valence-corrected chi connectivity index (χ4v) is 2.02. The van der Waals surface area contributed by atoms with Gasteiger partial charge in [0.15, 0.2) is 0 Å². The summed E-state index contributed by atoms with van der Waals surface area (Å²) in [6, 6.07) is 8.08.